The van der Waals surface area contributed by atoms with Crippen LogP contribution in [0.5, 0.6) is 0 Å². The number of hydrogen-bond acceptors (Lipinski definition) is 5. The van der Waals surface area contributed by atoms with Gasteiger partial charge < -0.3 is 14.5 Å². The van der Waals surface area contributed by atoms with Gasteiger partial charge in [0.1, 0.15) is 4.60 Å². The lowest BCUT2D eigenvalue weighted by Crippen LogP contribution is -2.17. The number of sulfonamides is 1. The smallest absolute Gasteiger partial charge is 0.280 e. The molecule has 2 N–H and O–H groups in total. The van der Waals surface area contributed by atoms with Gasteiger partial charge in [-0.05, 0) is 60.2 Å². The maximum atomic E-state index is 13.0. The van der Waals surface area contributed by atoms with E-state index in [4.69, 9.17) is 0 Å². The van der Waals surface area contributed by atoms with Gasteiger partial charge in [-0.25, -0.2) is 4.98 Å². The molecule has 0 saturated heterocycles. The molecule has 0 saturated carbocycles. The Hall–Kier alpha value is -1.49. The fraction of sp³-hybridized carbons (Fsp3) is 0.353. The molecular formula is C17H20BrN5O2S2. The molecule has 144 valence electrons. The van der Waals surface area contributed by atoms with Gasteiger partial charge in [0.15, 0.2) is 10.2 Å². The van der Waals surface area contributed by atoms with E-state index in [1.54, 1.807) is 22.4 Å². The topological polar surface area (TPSA) is 83.0 Å². The summed E-state index contributed by atoms with van der Waals surface area (Å²) >= 11 is 4.86. The fourth-order valence-corrected chi connectivity index (χ4v) is 6.59. The van der Waals surface area contributed by atoms with E-state index in [0.717, 1.165) is 34.8 Å². The molecule has 27 heavy (non-hydrogen) atoms. The van der Waals surface area contributed by atoms with Crippen molar-refractivity contribution in [1.82, 2.24) is 19.4 Å². The van der Waals surface area contributed by atoms with E-state index in [1.807, 2.05) is 32.4 Å². The molecule has 0 fully saturated rings. The number of aromatic nitrogens is 3. The van der Waals surface area contributed by atoms with Gasteiger partial charge in [-0.2, -0.15) is 8.42 Å². The highest BCUT2D eigenvalue weighted by molar-refractivity contribution is 9.10. The molecule has 0 radical (unpaired) electrons. The Morgan fingerprint density at radius 1 is 1.41 bits per heavy atom. The van der Waals surface area contributed by atoms with Crippen LogP contribution in [0.25, 0.3) is 10.9 Å². The van der Waals surface area contributed by atoms with Crippen LogP contribution in [0.1, 0.15) is 5.56 Å². The van der Waals surface area contributed by atoms with Crippen molar-refractivity contribution in [1.29, 1.82) is 0 Å². The molecule has 1 aliphatic rings. The summed E-state index contributed by atoms with van der Waals surface area (Å²) in [4.78, 5) is 9.69. The molecule has 0 atom stereocenters. The molecule has 0 amide bonds. The summed E-state index contributed by atoms with van der Waals surface area (Å²) in [5, 5.41) is 1.95. The number of thioether (sulfide) groups is 1. The molecule has 3 aromatic rings. The van der Waals surface area contributed by atoms with Crippen LogP contribution in [-0.4, -0.2) is 54.2 Å². The average Bonchev–Trinajstić information content (AvgIpc) is 3.26. The zero-order valence-corrected chi connectivity index (χ0v) is 18.2. The first-order chi connectivity index (χ1) is 12.8. The number of aromatic amines is 1. The number of halogens is 1. The van der Waals surface area contributed by atoms with Gasteiger partial charge in [0.05, 0.1) is 0 Å². The lowest BCUT2D eigenvalue weighted by Gasteiger charge is -2.11. The summed E-state index contributed by atoms with van der Waals surface area (Å²) < 4.78 is 30.8. The van der Waals surface area contributed by atoms with Crippen LogP contribution in [0.15, 0.2) is 39.2 Å². The minimum Gasteiger partial charge on any atom is -0.361 e. The van der Waals surface area contributed by atoms with Gasteiger partial charge in [-0.3, -0.25) is 4.72 Å². The van der Waals surface area contributed by atoms with E-state index in [1.165, 1.54) is 5.56 Å². The first kappa shape index (κ1) is 18.9. The molecular weight excluding hydrogens is 450 g/mol. The quantitative estimate of drug-likeness (QED) is 0.579. The molecule has 0 bridgehead atoms. The largest absolute Gasteiger partial charge is 0.361 e. The zero-order chi connectivity index (χ0) is 19.2. The predicted molar refractivity (Wildman–Crippen MR) is 112 cm³/mol. The van der Waals surface area contributed by atoms with Crippen LogP contribution in [0.2, 0.25) is 0 Å². The minimum atomic E-state index is -3.74. The maximum Gasteiger partial charge on any atom is 0.280 e. The van der Waals surface area contributed by atoms with Crippen molar-refractivity contribution in [3.8, 4) is 0 Å². The van der Waals surface area contributed by atoms with Gasteiger partial charge in [-0.1, -0.05) is 11.8 Å². The van der Waals surface area contributed by atoms with E-state index >= 15 is 0 Å². The number of hydrogen-bond donors (Lipinski definition) is 2. The lowest BCUT2D eigenvalue weighted by atomic mass is 10.1. The first-order valence-electron chi connectivity index (χ1n) is 8.51. The van der Waals surface area contributed by atoms with Crippen LogP contribution in [0.3, 0.4) is 0 Å². The predicted octanol–water partition coefficient (Wildman–Crippen LogP) is 3.14. The number of nitrogens with one attached hydrogen (secondary N) is 2. The van der Waals surface area contributed by atoms with Crippen molar-refractivity contribution in [2.75, 3.05) is 31.1 Å². The highest BCUT2D eigenvalue weighted by Gasteiger charge is 2.30. The number of anilines is 1. The molecule has 7 nitrogen and oxygen atoms in total. The molecule has 1 aliphatic heterocycles. The third-order valence-electron chi connectivity index (χ3n) is 4.49. The molecule has 0 spiro atoms. The highest BCUT2D eigenvalue weighted by atomic mass is 79.9. The Morgan fingerprint density at radius 3 is 3.00 bits per heavy atom. The summed E-state index contributed by atoms with van der Waals surface area (Å²) in [5.74, 6) is 0.836. The van der Waals surface area contributed by atoms with E-state index in [0.29, 0.717) is 16.8 Å². The second kappa shape index (κ2) is 7.16. The molecule has 2 aromatic heterocycles. The van der Waals surface area contributed by atoms with Crippen molar-refractivity contribution in [2.24, 2.45) is 0 Å². The van der Waals surface area contributed by atoms with Gasteiger partial charge in [0.2, 0.25) is 0 Å². The van der Waals surface area contributed by atoms with Gasteiger partial charge in [0, 0.05) is 41.6 Å². The van der Waals surface area contributed by atoms with Crippen LogP contribution < -0.4 is 4.72 Å². The van der Waals surface area contributed by atoms with E-state index < -0.39 is 10.0 Å². The van der Waals surface area contributed by atoms with Crippen molar-refractivity contribution < 1.29 is 8.42 Å². The Kier molecular flexibility index (Phi) is 5.00. The molecule has 0 aliphatic carbocycles. The van der Waals surface area contributed by atoms with Gasteiger partial charge in [-0.15, -0.1) is 0 Å². The molecule has 1 aromatic carbocycles. The second-order valence-corrected chi connectivity index (χ2v) is 10.1. The number of benzene rings is 1. The summed E-state index contributed by atoms with van der Waals surface area (Å²) in [6.07, 6.45) is 2.88. The number of nitrogens with zero attached hydrogens (tertiary/aromatic N) is 3. The highest BCUT2D eigenvalue weighted by Crippen LogP contribution is 2.34. The summed E-state index contributed by atoms with van der Waals surface area (Å²) in [5.41, 5.74) is 2.71. The fourth-order valence-electron chi connectivity index (χ4n) is 3.18. The third kappa shape index (κ3) is 3.63. The van der Waals surface area contributed by atoms with Crippen molar-refractivity contribution in [3.05, 3.63) is 34.6 Å². The normalized spacial score (nSPS) is 14.2. The van der Waals surface area contributed by atoms with Crippen molar-refractivity contribution in [2.45, 2.75) is 23.1 Å². The Labute approximate surface area is 170 Å². The summed E-state index contributed by atoms with van der Waals surface area (Å²) in [6.45, 7) is 1.57. The maximum absolute atomic E-state index is 13.0. The number of fused-ring (bicyclic) bond motifs is 2. The second-order valence-electron chi connectivity index (χ2n) is 6.72. The molecule has 10 heteroatoms. The van der Waals surface area contributed by atoms with E-state index in [-0.39, 0.29) is 5.03 Å². The molecule has 0 unspecified atom stereocenters. The van der Waals surface area contributed by atoms with Crippen molar-refractivity contribution >= 4 is 54.3 Å². The SMILES string of the molecule is CN(C)CCc1c[nH]c2ccc(NS(=O)(=O)c3c(Br)nc4n3CCS4)cc12. The van der Waals surface area contributed by atoms with E-state index in [9.17, 15) is 8.42 Å². The number of likely N-dealkylation sites (N-methyl/N-ethyl adjacent to an activating group) is 1. The third-order valence-corrected chi connectivity index (χ3v) is 7.69. The van der Waals surface area contributed by atoms with Crippen molar-refractivity contribution in [3.63, 3.8) is 0 Å². The first-order valence-corrected chi connectivity index (χ1v) is 11.8. The molecule has 3 heterocycles. The molecule has 4 rings (SSSR count). The average molecular weight is 470 g/mol. The lowest BCUT2D eigenvalue weighted by molar-refractivity contribution is 0.414. The van der Waals surface area contributed by atoms with Crippen LogP contribution in [-0.2, 0) is 23.0 Å². The van der Waals surface area contributed by atoms with Gasteiger partial charge in [0.25, 0.3) is 10.0 Å². The van der Waals surface area contributed by atoms with Gasteiger partial charge >= 0.3 is 0 Å². The van der Waals surface area contributed by atoms with Crippen LogP contribution in [0.4, 0.5) is 5.69 Å². The number of rotatable bonds is 6. The Morgan fingerprint density at radius 2 is 2.22 bits per heavy atom. The van der Waals surface area contributed by atoms with Crippen LogP contribution in [0, 0.1) is 0 Å². The Bertz CT molecular complexity index is 1100. The number of imidazole rings is 1. The monoisotopic (exact) mass is 469 g/mol. The standard InChI is InChI=1S/C17H20BrN5O2S2/c1-22(2)6-5-11-10-19-14-4-3-12(9-13(11)14)21-27(24,25)16-15(18)20-17-23(16)7-8-26-17/h3-4,9-10,19,21H,5-8H2,1-2H3. The van der Waals surface area contributed by atoms with Crippen LogP contribution >= 0.6 is 27.7 Å². The minimum absolute atomic E-state index is 0.185. The zero-order valence-electron chi connectivity index (χ0n) is 15.0. The summed E-state index contributed by atoms with van der Waals surface area (Å²) in [7, 11) is 0.328. The van der Waals surface area contributed by atoms with E-state index in [2.05, 4.69) is 35.5 Å². The summed E-state index contributed by atoms with van der Waals surface area (Å²) in [6, 6.07) is 5.56. The number of H-pyrrole nitrogens is 1. The Balaban J connectivity index is 1.66.